The molecule has 0 aromatic heterocycles. The number of benzene rings is 4. The summed E-state index contributed by atoms with van der Waals surface area (Å²) in [4.78, 5) is 13.3. The van der Waals surface area contributed by atoms with Gasteiger partial charge in [-0.15, -0.1) is 0 Å². The standard InChI is InChI=1S/C25H18O5/c26-17-9-13-19(14-10-17)29-23-7-3-1-5-21(23)25(28)22-6-2-4-8-24(22)30-20-15-11-18(27)12-16-20/h1-16,26-27H. The molecule has 0 spiro atoms. The molecule has 2 N–H and O–H groups in total. The highest BCUT2D eigenvalue weighted by Gasteiger charge is 2.19. The van der Waals surface area contributed by atoms with Crippen LogP contribution in [-0.2, 0) is 0 Å². The van der Waals surface area contributed by atoms with Crippen molar-refractivity contribution in [3.8, 4) is 34.5 Å². The van der Waals surface area contributed by atoms with Crippen LogP contribution in [0.1, 0.15) is 15.9 Å². The van der Waals surface area contributed by atoms with Gasteiger partial charge in [0.25, 0.3) is 0 Å². The average Bonchev–Trinajstić information content (AvgIpc) is 2.77. The van der Waals surface area contributed by atoms with Gasteiger partial charge in [0.05, 0.1) is 11.1 Å². The molecule has 5 nitrogen and oxygen atoms in total. The summed E-state index contributed by atoms with van der Waals surface area (Å²) in [5, 5.41) is 18.9. The summed E-state index contributed by atoms with van der Waals surface area (Å²) in [5.74, 6) is 1.81. The van der Waals surface area contributed by atoms with Gasteiger partial charge in [-0.25, -0.2) is 0 Å². The molecule has 5 heteroatoms. The van der Waals surface area contributed by atoms with Crippen molar-refractivity contribution < 1.29 is 24.5 Å². The number of hydrogen-bond acceptors (Lipinski definition) is 5. The van der Waals surface area contributed by atoms with Crippen molar-refractivity contribution in [2.24, 2.45) is 0 Å². The first kappa shape index (κ1) is 19.1. The maximum absolute atomic E-state index is 13.3. The number of phenolic OH excluding ortho intramolecular Hbond substituents is 2. The lowest BCUT2D eigenvalue weighted by atomic mass is 10.0. The molecule has 4 aromatic carbocycles. The topological polar surface area (TPSA) is 76.0 Å². The predicted octanol–water partition coefficient (Wildman–Crippen LogP) is 5.91. The highest BCUT2D eigenvalue weighted by atomic mass is 16.5. The molecule has 4 rings (SSSR count). The number of carbonyl (C=O) groups excluding carboxylic acids is 1. The Labute approximate surface area is 173 Å². The van der Waals surface area contributed by atoms with E-state index in [-0.39, 0.29) is 17.3 Å². The summed E-state index contributed by atoms with van der Waals surface area (Å²) in [6.07, 6.45) is 0. The van der Waals surface area contributed by atoms with Crippen LogP contribution in [0, 0.1) is 0 Å². The van der Waals surface area contributed by atoms with E-state index in [1.807, 2.05) is 0 Å². The van der Waals surface area contributed by atoms with Gasteiger partial charge < -0.3 is 19.7 Å². The van der Waals surface area contributed by atoms with Crippen LogP contribution in [-0.4, -0.2) is 16.0 Å². The second kappa shape index (κ2) is 8.41. The number of aromatic hydroxyl groups is 2. The van der Waals surface area contributed by atoms with E-state index in [0.717, 1.165) is 0 Å². The monoisotopic (exact) mass is 398 g/mol. The van der Waals surface area contributed by atoms with Gasteiger partial charge in [0.1, 0.15) is 34.5 Å². The first-order valence-electron chi connectivity index (χ1n) is 9.27. The zero-order valence-corrected chi connectivity index (χ0v) is 15.9. The predicted molar refractivity (Wildman–Crippen MR) is 113 cm³/mol. The van der Waals surface area contributed by atoms with Crippen LogP contribution < -0.4 is 9.47 Å². The third-order valence-corrected chi connectivity index (χ3v) is 4.39. The summed E-state index contributed by atoms with van der Waals surface area (Å²) >= 11 is 0. The number of ether oxygens (including phenoxy) is 2. The van der Waals surface area contributed by atoms with Crippen molar-refractivity contribution in [2.75, 3.05) is 0 Å². The molecule has 0 bridgehead atoms. The second-order valence-corrected chi connectivity index (χ2v) is 6.51. The molecule has 0 aliphatic carbocycles. The minimum atomic E-state index is -0.251. The van der Waals surface area contributed by atoms with E-state index in [4.69, 9.17) is 9.47 Å². The van der Waals surface area contributed by atoms with Gasteiger partial charge in [-0.05, 0) is 72.8 Å². The fourth-order valence-corrected chi connectivity index (χ4v) is 2.91. The van der Waals surface area contributed by atoms with Crippen LogP contribution in [0.5, 0.6) is 34.5 Å². The van der Waals surface area contributed by atoms with E-state index < -0.39 is 0 Å². The fraction of sp³-hybridized carbons (Fsp3) is 0. The van der Waals surface area contributed by atoms with Crippen LogP contribution in [0.15, 0.2) is 97.1 Å². The molecular formula is C25H18O5. The molecule has 0 radical (unpaired) electrons. The number of phenols is 2. The molecule has 0 amide bonds. The molecule has 0 fully saturated rings. The van der Waals surface area contributed by atoms with E-state index in [1.54, 1.807) is 72.8 Å². The zero-order valence-electron chi connectivity index (χ0n) is 15.9. The minimum Gasteiger partial charge on any atom is -0.508 e. The Balaban J connectivity index is 1.65. The van der Waals surface area contributed by atoms with E-state index in [1.165, 1.54) is 24.3 Å². The van der Waals surface area contributed by atoms with E-state index >= 15 is 0 Å². The van der Waals surface area contributed by atoms with E-state index in [2.05, 4.69) is 0 Å². The second-order valence-electron chi connectivity index (χ2n) is 6.51. The van der Waals surface area contributed by atoms with Crippen LogP contribution in [0.4, 0.5) is 0 Å². The van der Waals surface area contributed by atoms with Gasteiger partial charge in [0.15, 0.2) is 0 Å². The van der Waals surface area contributed by atoms with Crippen molar-refractivity contribution in [3.63, 3.8) is 0 Å². The summed E-state index contributed by atoms with van der Waals surface area (Å²) in [5.41, 5.74) is 0.764. The minimum absolute atomic E-state index is 0.131. The quantitative estimate of drug-likeness (QED) is 0.395. The largest absolute Gasteiger partial charge is 0.508 e. The molecular weight excluding hydrogens is 380 g/mol. The first-order valence-corrected chi connectivity index (χ1v) is 9.27. The Morgan fingerprint density at radius 1 is 0.533 bits per heavy atom. The average molecular weight is 398 g/mol. The SMILES string of the molecule is O=C(c1ccccc1Oc1ccc(O)cc1)c1ccccc1Oc1ccc(O)cc1. The Bertz CT molecular complexity index is 1070. The van der Waals surface area contributed by atoms with Crippen molar-refractivity contribution >= 4 is 5.78 Å². The third kappa shape index (κ3) is 4.25. The number of rotatable bonds is 6. The maximum atomic E-state index is 13.3. The number of para-hydroxylation sites is 2. The highest BCUT2D eigenvalue weighted by molar-refractivity contribution is 6.12. The molecule has 148 valence electrons. The summed E-state index contributed by atoms with van der Waals surface area (Å²) < 4.78 is 11.8. The Morgan fingerprint density at radius 2 is 0.900 bits per heavy atom. The summed E-state index contributed by atoms with van der Waals surface area (Å²) in [7, 11) is 0. The first-order chi connectivity index (χ1) is 14.6. The number of ketones is 1. The van der Waals surface area contributed by atoms with Gasteiger partial charge in [0, 0.05) is 0 Å². The molecule has 0 aliphatic heterocycles. The van der Waals surface area contributed by atoms with E-state index in [0.29, 0.717) is 34.1 Å². The van der Waals surface area contributed by atoms with Crippen LogP contribution >= 0.6 is 0 Å². The lowest BCUT2D eigenvalue weighted by molar-refractivity contribution is 0.103. The van der Waals surface area contributed by atoms with Crippen molar-refractivity contribution in [3.05, 3.63) is 108 Å². The Morgan fingerprint density at radius 3 is 1.30 bits per heavy atom. The molecule has 0 saturated carbocycles. The normalized spacial score (nSPS) is 10.4. The molecule has 4 aromatic rings. The van der Waals surface area contributed by atoms with Crippen molar-refractivity contribution in [1.82, 2.24) is 0 Å². The van der Waals surface area contributed by atoms with Crippen LogP contribution in [0.3, 0.4) is 0 Å². The fourth-order valence-electron chi connectivity index (χ4n) is 2.91. The zero-order chi connectivity index (χ0) is 20.9. The smallest absolute Gasteiger partial charge is 0.200 e. The van der Waals surface area contributed by atoms with Crippen LogP contribution in [0.2, 0.25) is 0 Å². The molecule has 30 heavy (non-hydrogen) atoms. The van der Waals surface area contributed by atoms with Gasteiger partial charge in [-0.3, -0.25) is 4.79 Å². The highest BCUT2D eigenvalue weighted by Crippen LogP contribution is 2.32. The lowest BCUT2D eigenvalue weighted by Gasteiger charge is -2.13. The molecule has 0 unspecified atom stereocenters. The summed E-state index contributed by atoms with van der Waals surface area (Å²) in [6.45, 7) is 0. The molecule has 0 aliphatic rings. The molecule has 0 heterocycles. The van der Waals surface area contributed by atoms with Gasteiger partial charge in [-0.2, -0.15) is 0 Å². The van der Waals surface area contributed by atoms with Gasteiger partial charge in [-0.1, -0.05) is 24.3 Å². The van der Waals surface area contributed by atoms with Gasteiger partial charge in [0.2, 0.25) is 5.78 Å². The summed E-state index contributed by atoms with van der Waals surface area (Å²) in [6, 6.07) is 26.4. The maximum Gasteiger partial charge on any atom is 0.200 e. The Hall–Kier alpha value is -4.25. The number of hydrogen-bond donors (Lipinski definition) is 2. The van der Waals surface area contributed by atoms with Gasteiger partial charge >= 0.3 is 0 Å². The molecule has 0 atom stereocenters. The third-order valence-electron chi connectivity index (χ3n) is 4.39. The lowest BCUT2D eigenvalue weighted by Crippen LogP contribution is -2.05. The van der Waals surface area contributed by atoms with Crippen LogP contribution in [0.25, 0.3) is 0 Å². The van der Waals surface area contributed by atoms with E-state index in [9.17, 15) is 15.0 Å². The Kier molecular flexibility index (Phi) is 5.35. The number of carbonyl (C=O) groups is 1. The van der Waals surface area contributed by atoms with Crippen molar-refractivity contribution in [2.45, 2.75) is 0 Å². The van der Waals surface area contributed by atoms with Crippen molar-refractivity contribution in [1.29, 1.82) is 0 Å². The molecule has 0 saturated heterocycles.